The van der Waals surface area contributed by atoms with Crippen LogP contribution >= 0.6 is 11.3 Å². The van der Waals surface area contributed by atoms with Crippen LogP contribution in [-0.4, -0.2) is 24.6 Å². The van der Waals surface area contributed by atoms with Crippen LogP contribution in [0.5, 0.6) is 0 Å². The van der Waals surface area contributed by atoms with E-state index >= 15 is 0 Å². The van der Waals surface area contributed by atoms with E-state index in [1.807, 2.05) is 5.38 Å². The number of rotatable bonds is 5. The molecule has 2 heterocycles. The third-order valence-corrected chi connectivity index (χ3v) is 6.35. The molecule has 0 atom stereocenters. The second-order valence-electron chi connectivity index (χ2n) is 6.33. The number of hydrogen-bond donors (Lipinski definition) is 1. The molecule has 0 bridgehead atoms. The van der Waals surface area contributed by atoms with Crippen LogP contribution < -0.4 is 5.32 Å². The number of nitrogens with one attached hydrogen (secondary N) is 1. The normalized spacial score (nSPS) is 11.6. The zero-order chi connectivity index (χ0) is 19.7. The number of fused-ring (bicyclic) bond motifs is 1. The number of hydrogen-bond acceptors (Lipinski definition) is 6. The van der Waals surface area contributed by atoms with Crippen molar-refractivity contribution in [1.29, 1.82) is 0 Å². The van der Waals surface area contributed by atoms with Gasteiger partial charge in [0.25, 0.3) is 0 Å². The van der Waals surface area contributed by atoms with Crippen molar-refractivity contribution in [2.45, 2.75) is 11.4 Å². The molecule has 0 fully saturated rings. The fourth-order valence-corrected chi connectivity index (χ4v) is 4.44. The first-order valence-electron chi connectivity index (χ1n) is 8.43. The first-order chi connectivity index (χ1) is 13.4. The molecule has 28 heavy (non-hydrogen) atoms. The second kappa shape index (κ2) is 7.29. The molecule has 4 aromatic rings. The van der Waals surface area contributed by atoms with Crippen LogP contribution in [-0.2, 0) is 16.4 Å². The zero-order valence-corrected chi connectivity index (χ0v) is 16.5. The lowest BCUT2D eigenvalue weighted by Gasteiger charge is -2.09. The largest absolute Gasteiger partial charge is 0.365 e. The maximum absolute atomic E-state index is 13.3. The highest BCUT2D eigenvalue weighted by atomic mass is 32.2. The summed E-state index contributed by atoms with van der Waals surface area (Å²) in [4.78, 5) is 9.82. The van der Waals surface area contributed by atoms with Crippen LogP contribution in [0.3, 0.4) is 0 Å². The Hall–Kier alpha value is -2.84. The van der Waals surface area contributed by atoms with Gasteiger partial charge in [-0.15, -0.1) is 11.3 Å². The molecule has 0 spiro atoms. The predicted octanol–water partition coefficient (Wildman–Crippen LogP) is 4.51. The van der Waals surface area contributed by atoms with Gasteiger partial charge in [-0.3, -0.25) is 0 Å². The van der Waals surface area contributed by atoms with E-state index in [0.29, 0.717) is 12.4 Å². The molecule has 0 saturated heterocycles. The molecule has 4 rings (SSSR count). The Morgan fingerprint density at radius 2 is 1.75 bits per heavy atom. The van der Waals surface area contributed by atoms with E-state index < -0.39 is 9.84 Å². The number of anilines is 1. The molecule has 2 aromatic carbocycles. The molecule has 1 N–H and O–H groups in total. The van der Waals surface area contributed by atoms with Crippen molar-refractivity contribution >= 4 is 37.2 Å². The minimum Gasteiger partial charge on any atom is -0.365 e. The highest BCUT2D eigenvalue weighted by molar-refractivity contribution is 7.90. The Morgan fingerprint density at radius 3 is 2.43 bits per heavy atom. The van der Waals surface area contributed by atoms with Crippen LogP contribution in [0, 0.1) is 5.82 Å². The molecule has 0 saturated carbocycles. The van der Waals surface area contributed by atoms with Gasteiger partial charge < -0.3 is 5.32 Å². The molecule has 0 unspecified atom stereocenters. The van der Waals surface area contributed by atoms with E-state index in [1.54, 1.807) is 36.4 Å². The van der Waals surface area contributed by atoms with Crippen molar-refractivity contribution in [3.05, 3.63) is 71.6 Å². The fraction of sp³-hybridized carbons (Fsp3) is 0.100. The molecule has 0 amide bonds. The Morgan fingerprint density at radius 1 is 1.04 bits per heavy atom. The lowest BCUT2D eigenvalue weighted by Crippen LogP contribution is -2.03. The maximum Gasteiger partial charge on any atom is 0.175 e. The number of sulfone groups is 1. The van der Waals surface area contributed by atoms with Crippen LogP contribution in [0.2, 0.25) is 0 Å². The van der Waals surface area contributed by atoms with Crippen molar-refractivity contribution in [2.24, 2.45) is 0 Å². The van der Waals surface area contributed by atoms with E-state index in [4.69, 9.17) is 0 Å². The summed E-state index contributed by atoms with van der Waals surface area (Å²) in [6.45, 7) is 0.481. The molecule has 5 nitrogen and oxygen atoms in total. The molecule has 0 radical (unpaired) electrons. The van der Waals surface area contributed by atoms with Gasteiger partial charge in [0.05, 0.1) is 10.3 Å². The third kappa shape index (κ3) is 3.74. The zero-order valence-electron chi connectivity index (χ0n) is 14.9. The van der Waals surface area contributed by atoms with Crippen molar-refractivity contribution in [3.8, 4) is 11.1 Å². The van der Waals surface area contributed by atoms with Crippen LogP contribution in [0.15, 0.2) is 65.1 Å². The summed E-state index contributed by atoms with van der Waals surface area (Å²) in [6.07, 6.45) is 2.69. The molecule has 0 aliphatic carbocycles. The smallest absolute Gasteiger partial charge is 0.175 e. The first kappa shape index (κ1) is 18.5. The molecular weight excluding hydrogens is 397 g/mol. The highest BCUT2D eigenvalue weighted by Gasteiger charge is 2.13. The predicted molar refractivity (Wildman–Crippen MR) is 110 cm³/mol. The second-order valence-corrected chi connectivity index (χ2v) is 9.20. The highest BCUT2D eigenvalue weighted by Crippen LogP contribution is 2.36. The first-order valence-corrected chi connectivity index (χ1v) is 11.2. The quantitative estimate of drug-likeness (QED) is 0.521. The maximum atomic E-state index is 13.3. The lowest BCUT2D eigenvalue weighted by molar-refractivity contribution is 0.602. The van der Waals surface area contributed by atoms with Crippen molar-refractivity contribution in [1.82, 2.24) is 9.97 Å². The Bertz CT molecular complexity index is 1230. The average molecular weight is 413 g/mol. The summed E-state index contributed by atoms with van der Waals surface area (Å²) in [7, 11) is -3.21. The van der Waals surface area contributed by atoms with Crippen LogP contribution in [0.25, 0.3) is 21.3 Å². The van der Waals surface area contributed by atoms with E-state index in [2.05, 4.69) is 15.3 Å². The Balaban J connectivity index is 1.64. The van der Waals surface area contributed by atoms with Gasteiger partial charge >= 0.3 is 0 Å². The third-order valence-electron chi connectivity index (χ3n) is 4.34. The number of benzene rings is 2. The molecule has 0 aliphatic rings. The van der Waals surface area contributed by atoms with Gasteiger partial charge in [-0.05, 0) is 35.4 Å². The minimum atomic E-state index is -3.21. The summed E-state index contributed by atoms with van der Waals surface area (Å²) in [5.41, 5.74) is 2.76. The van der Waals surface area contributed by atoms with Gasteiger partial charge in [-0.2, -0.15) is 0 Å². The van der Waals surface area contributed by atoms with Crippen LogP contribution in [0.4, 0.5) is 10.2 Å². The lowest BCUT2D eigenvalue weighted by atomic mass is 10.1. The van der Waals surface area contributed by atoms with E-state index in [0.717, 1.165) is 26.9 Å². The number of aromatic nitrogens is 2. The fourth-order valence-electron chi connectivity index (χ4n) is 2.89. The number of halogens is 1. The topological polar surface area (TPSA) is 72.0 Å². The summed E-state index contributed by atoms with van der Waals surface area (Å²) < 4.78 is 36.4. The molecule has 0 aliphatic heterocycles. The van der Waals surface area contributed by atoms with Crippen molar-refractivity contribution in [2.75, 3.05) is 11.6 Å². The molecule has 142 valence electrons. The van der Waals surface area contributed by atoms with E-state index in [1.165, 1.54) is 36.1 Å². The monoisotopic (exact) mass is 413 g/mol. The number of nitrogens with zero attached hydrogens (tertiary/aromatic N) is 2. The SMILES string of the molecule is CS(=O)(=O)c1ccc(CNc2ncnc3scc(-c4ccc(F)cc4)c23)cc1. The van der Waals surface area contributed by atoms with Gasteiger partial charge in [0.1, 0.15) is 22.8 Å². The average Bonchev–Trinajstić information content (AvgIpc) is 3.11. The van der Waals surface area contributed by atoms with E-state index in [9.17, 15) is 12.8 Å². The molecule has 2 aromatic heterocycles. The Kier molecular flexibility index (Phi) is 4.82. The van der Waals surface area contributed by atoms with Gasteiger partial charge in [0.15, 0.2) is 9.84 Å². The van der Waals surface area contributed by atoms with E-state index in [-0.39, 0.29) is 10.7 Å². The van der Waals surface area contributed by atoms with Gasteiger partial charge in [-0.25, -0.2) is 22.8 Å². The minimum absolute atomic E-state index is 0.282. The summed E-state index contributed by atoms with van der Waals surface area (Å²) >= 11 is 1.50. The summed E-state index contributed by atoms with van der Waals surface area (Å²) in [5, 5.41) is 6.17. The van der Waals surface area contributed by atoms with Gasteiger partial charge in [0, 0.05) is 23.7 Å². The summed E-state index contributed by atoms with van der Waals surface area (Å²) in [5.74, 6) is 0.396. The van der Waals surface area contributed by atoms with Crippen molar-refractivity contribution in [3.63, 3.8) is 0 Å². The van der Waals surface area contributed by atoms with Gasteiger partial charge in [-0.1, -0.05) is 24.3 Å². The Labute approximate surface area is 165 Å². The van der Waals surface area contributed by atoms with Crippen molar-refractivity contribution < 1.29 is 12.8 Å². The van der Waals surface area contributed by atoms with Crippen LogP contribution in [0.1, 0.15) is 5.56 Å². The molecule has 8 heteroatoms. The standard InChI is InChI=1S/C20H16FN3O2S2/c1-28(25,26)16-8-2-13(3-9-16)10-22-19-18-17(11-27-20(18)24-12-23-19)14-4-6-15(21)7-5-14/h2-9,11-12H,10H2,1H3,(H,22,23,24). The molecular formula is C20H16FN3O2S2. The summed E-state index contributed by atoms with van der Waals surface area (Å²) in [6, 6.07) is 13.1. The number of thiophene rings is 1. The van der Waals surface area contributed by atoms with Gasteiger partial charge in [0.2, 0.25) is 0 Å².